The molecule has 1 heterocycles. The number of para-hydroxylation sites is 1. The van der Waals surface area contributed by atoms with E-state index in [4.69, 9.17) is 0 Å². The van der Waals surface area contributed by atoms with Crippen LogP contribution in [-0.4, -0.2) is 41.1 Å². The van der Waals surface area contributed by atoms with Crippen LogP contribution < -0.4 is 14.9 Å². The summed E-state index contributed by atoms with van der Waals surface area (Å²) in [7, 11) is -1.97. The summed E-state index contributed by atoms with van der Waals surface area (Å²) >= 11 is 0. The Morgan fingerprint density at radius 1 is 1.33 bits per heavy atom. The van der Waals surface area contributed by atoms with Crippen LogP contribution >= 0.6 is 0 Å². The van der Waals surface area contributed by atoms with Crippen molar-refractivity contribution in [2.75, 3.05) is 31.6 Å². The monoisotopic (exact) mass is 311 g/mol. The van der Waals surface area contributed by atoms with Crippen LogP contribution in [0, 0.1) is 0 Å². The van der Waals surface area contributed by atoms with Gasteiger partial charge in [-0.3, -0.25) is 0 Å². The summed E-state index contributed by atoms with van der Waals surface area (Å²) in [5.41, 5.74) is 0.801. The van der Waals surface area contributed by atoms with Crippen molar-refractivity contribution >= 4 is 15.7 Å². The zero-order valence-electron chi connectivity index (χ0n) is 12.8. The van der Waals surface area contributed by atoms with Crippen LogP contribution in [0.5, 0.6) is 0 Å². The maximum absolute atomic E-state index is 12.2. The Bertz CT molecular complexity index is 560. The Balaban J connectivity index is 2.22. The molecule has 1 aliphatic heterocycles. The lowest BCUT2D eigenvalue weighted by molar-refractivity contribution is 0.422. The van der Waals surface area contributed by atoms with Crippen LogP contribution in [-0.2, 0) is 10.0 Å². The molecule has 1 atom stereocenters. The van der Waals surface area contributed by atoms with E-state index < -0.39 is 10.0 Å². The van der Waals surface area contributed by atoms with E-state index >= 15 is 0 Å². The number of piperidine rings is 1. The van der Waals surface area contributed by atoms with E-state index in [-0.39, 0.29) is 0 Å². The first-order valence-corrected chi connectivity index (χ1v) is 9.07. The molecule has 0 amide bonds. The summed E-state index contributed by atoms with van der Waals surface area (Å²) in [5.74, 6) is 0. The highest BCUT2D eigenvalue weighted by molar-refractivity contribution is 7.89. The smallest absolute Gasteiger partial charge is 0.242 e. The molecule has 1 saturated heterocycles. The lowest BCUT2D eigenvalue weighted by Gasteiger charge is -2.35. The average molecular weight is 311 g/mol. The summed E-state index contributed by atoms with van der Waals surface area (Å²) < 4.78 is 26.7. The van der Waals surface area contributed by atoms with Crippen molar-refractivity contribution < 1.29 is 8.42 Å². The van der Waals surface area contributed by atoms with Crippen LogP contribution in [0.4, 0.5) is 5.69 Å². The third kappa shape index (κ3) is 3.96. The van der Waals surface area contributed by atoms with Gasteiger partial charge in [-0.15, -0.1) is 0 Å². The van der Waals surface area contributed by atoms with Gasteiger partial charge in [-0.2, -0.15) is 0 Å². The van der Waals surface area contributed by atoms with Crippen molar-refractivity contribution in [2.24, 2.45) is 0 Å². The van der Waals surface area contributed by atoms with Gasteiger partial charge in [0.25, 0.3) is 0 Å². The first-order chi connectivity index (χ1) is 10.1. The molecule has 118 valence electrons. The maximum atomic E-state index is 12.2. The van der Waals surface area contributed by atoms with Crippen LogP contribution in [0.3, 0.4) is 0 Å². The quantitative estimate of drug-likeness (QED) is 0.837. The van der Waals surface area contributed by atoms with Gasteiger partial charge in [0.05, 0.1) is 5.69 Å². The van der Waals surface area contributed by atoms with Gasteiger partial charge in [0.2, 0.25) is 10.0 Å². The zero-order chi connectivity index (χ0) is 15.3. The summed E-state index contributed by atoms with van der Waals surface area (Å²) in [6.07, 6.45) is 3.34. The van der Waals surface area contributed by atoms with Gasteiger partial charge in [-0.25, -0.2) is 13.1 Å². The largest absolute Gasteiger partial charge is 0.369 e. The molecule has 6 heteroatoms. The molecular weight excluding hydrogens is 286 g/mol. The Morgan fingerprint density at radius 3 is 2.81 bits per heavy atom. The van der Waals surface area contributed by atoms with Crippen molar-refractivity contribution in [1.82, 2.24) is 10.0 Å². The minimum Gasteiger partial charge on any atom is -0.369 e. The third-order valence-electron chi connectivity index (χ3n) is 3.87. The number of nitrogens with one attached hydrogen (secondary N) is 2. The van der Waals surface area contributed by atoms with E-state index in [1.807, 2.05) is 12.1 Å². The van der Waals surface area contributed by atoms with Crippen LogP contribution in [0.1, 0.15) is 26.2 Å². The highest BCUT2D eigenvalue weighted by Crippen LogP contribution is 2.27. The Hall–Kier alpha value is -1.11. The second kappa shape index (κ2) is 7.24. The van der Waals surface area contributed by atoms with Gasteiger partial charge in [0.15, 0.2) is 0 Å². The predicted molar refractivity (Wildman–Crippen MR) is 86.2 cm³/mol. The van der Waals surface area contributed by atoms with Crippen LogP contribution in [0.25, 0.3) is 0 Å². The van der Waals surface area contributed by atoms with Gasteiger partial charge in [-0.05, 0) is 45.0 Å². The number of hydrogen-bond donors (Lipinski definition) is 2. The highest BCUT2D eigenvalue weighted by atomic mass is 32.2. The van der Waals surface area contributed by atoms with Crippen molar-refractivity contribution in [3.8, 4) is 0 Å². The molecule has 0 spiro atoms. The summed E-state index contributed by atoms with van der Waals surface area (Å²) in [6, 6.07) is 7.66. The summed E-state index contributed by atoms with van der Waals surface area (Å²) in [5, 5.41) is 3.54. The first kappa shape index (κ1) is 16.3. The first-order valence-electron chi connectivity index (χ1n) is 7.59. The van der Waals surface area contributed by atoms with Gasteiger partial charge < -0.3 is 10.2 Å². The second-order valence-corrected chi connectivity index (χ2v) is 7.27. The number of benzene rings is 1. The topological polar surface area (TPSA) is 61.4 Å². The molecule has 5 nitrogen and oxygen atoms in total. The standard InChI is InChI=1S/C15H25N3O2S/c1-3-10-17-13-7-6-11-18(12-13)14-8-4-5-9-15(14)21(19,20)16-2/h4-5,8-9,13,16-17H,3,6-7,10-12H2,1-2H3. The number of rotatable bonds is 6. The Labute approximate surface area is 127 Å². The predicted octanol–water partition coefficient (Wildman–Crippen LogP) is 1.56. The molecule has 1 fully saturated rings. The van der Waals surface area contributed by atoms with E-state index in [9.17, 15) is 8.42 Å². The van der Waals surface area contributed by atoms with Crippen LogP contribution in [0.2, 0.25) is 0 Å². The van der Waals surface area contributed by atoms with Crippen molar-refractivity contribution in [3.05, 3.63) is 24.3 Å². The van der Waals surface area contributed by atoms with E-state index in [1.165, 1.54) is 7.05 Å². The Kier molecular flexibility index (Phi) is 5.61. The van der Waals surface area contributed by atoms with Crippen LogP contribution in [0.15, 0.2) is 29.2 Å². The van der Waals surface area contributed by atoms with E-state index in [0.717, 1.165) is 44.6 Å². The molecule has 0 bridgehead atoms. The third-order valence-corrected chi connectivity index (χ3v) is 5.33. The molecule has 1 aromatic rings. The molecule has 1 aliphatic rings. The van der Waals surface area contributed by atoms with Crippen molar-refractivity contribution in [3.63, 3.8) is 0 Å². The molecule has 21 heavy (non-hydrogen) atoms. The Morgan fingerprint density at radius 2 is 2.10 bits per heavy atom. The molecule has 1 aromatic carbocycles. The van der Waals surface area contributed by atoms with Gasteiger partial charge in [-0.1, -0.05) is 19.1 Å². The molecule has 0 radical (unpaired) electrons. The number of hydrogen-bond acceptors (Lipinski definition) is 4. The van der Waals surface area contributed by atoms with E-state index in [2.05, 4.69) is 21.9 Å². The van der Waals surface area contributed by atoms with Gasteiger partial charge in [0, 0.05) is 19.1 Å². The highest BCUT2D eigenvalue weighted by Gasteiger charge is 2.24. The fraction of sp³-hybridized carbons (Fsp3) is 0.600. The average Bonchev–Trinajstić information content (AvgIpc) is 2.53. The van der Waals surface area contributed by atoms with E-state index in [1.54, 1.807) is 12.1 Å². The second-order valence-electron chi connectivity index (χ2n) is 5.41. The fourth-order valence-corrected chi connectivity index (χ4v) is 3.72. The minimum absolute atomic E-state index is 0.364. The lowest BCUT2D eigenvalue weighted by Crippen LogP contribution is -2.46. The normalized spacial score (nSPS) is 19.7. The number of nitrogens with zero attached hydrogens (tertiary/aromatic N) is 1. The molecular formula is C15H25N3O2S. The zero-order valence-corrected chi connectivity index (χ0v) is 13.6. The summed E-state index contributed by atoms with van der Waals surface area (Å²) in [6.45, 7) is 4.92. The number of sulfonamides is 1. The van der Waals surface area contributed by atoms with Gasteiger partial charge in [0.1, 0.15) is 4.90 Å². The lowest BCUT2D eigenvalue weighted by atomic mass is 10.0. The van der Waals surface area contributed by atoms with E-state index in [0.29, 0.717) is 10.9 Å². The fourth-order valence-electron chi connectivity index (χ4n) is 2.77. The number of anilines is 1. The van der Waals surface area contributed by atoms with Crippen molar-refractivity contribution in [1.29, 1.82) is 0 Å². The SMILES string of the molecule is CCCNC1CCCN(c2ccccc2S(=O)(=O)NC)C1. The maximum Gasteiger partial charge on any atom is 0.242 e. The molecule has 1 unspecified atom stereocenters. The molecule has 2 N–H and O–H groups in total. The molecule has 2 rings (SSSR count). The summed E-state index contributed by atoms with van der Waals surface area (Å²) in [4.78, 5) is 2.55. The molecule has 0 saturated carbocycles. The molecule has 0 aromatic heterocycles. The minimum atomic E-state index is -3.42. The van der Waals surface area contributed by atoms with Crippen molar-refractivity contribution in [2.45, 2.75) is 37.1 Å². The molecule has 0 aliphatic carbocycles. The van der Waals surface area contributed by atoms with Gasteiger partial charge >= 0.3 is 0 Å².